The summed E-state index contributed by atoms with van der Waals surface area (Å²) in [6.45, 7) is 1.47. The van der Waals surface area contributed by atoms with E-state index in [2.05, 4.69) is 10.3 Å². The minimum Gasteiger partial charge on any atom is -0.341 e. The third-order valence-corrected chi connectivity index (χ3v) is 4.34. The summed E-state index contributed by atoms with van der Waals surface area (Å²) < 4.78 is 0.594. The highest BCUT2D eigenvalue weighted by Crippen LogP contribution is 2.18. The Kier molecular flexibility index (Phi) is 6.35. The van der Waals surface area contributed by atoms with Crippen LogP contribution in [0.25, 0.3) is 0 Å². The van der Waals surface area contributed by atoms with Gasteiger partial charge in [-0.3, -0.25) is 14.8 Å². The molecule has 0 spiro atoms. The lowest BCUT2D eigenvalue weighted by atomic mass is 10.2. The quantitative estimate of drug-likeness (QED) is 0.275. The molecule has 0 fully saturated rings. The number of hydrogen-bond donors (Lipinski definition) is 2. The smallest absolute Gasteiger partial charge is 0.178 e. The number of aromatic nitrogens is 1. The number of nitrogens with two attached hydrogens (primary N) is 1. The number of nitrogens with one attached hydrogen (secondary N) is 1. The number of halogens is 1. The molecule has 0 atom stereocenters. The molecule has 23 heavy (non-hydrogen) atoms. The van der Waals surface area contributed by atoms with Crippen LogP contribution in [-0.4, -0.2) is 21.0 Å². The first-order valence-corrected chi connectivity index (χ1v) is 8.41. The van der Waals surface area contributed by atoms with Gasteiger partial charge in [-0.15, -0.1) is 0 Å². The maximum atomic E-state index is 11.2. The predicted octanol–water partition coefficient (Wildman–Crippen LogP) is 3.71. The molecule has 0 amide bonds. The van der Waals surface area contributed by atoms with Gasteiger partial charge in [0, 0.05) is 17.6 Å². The van der Waals surface area contributed by atoms with Gasteiger partial charge in [0.2, 0.25) is 0 Å². The number of Topliss-reactive ketones (excluding diaryl/α,β-unsaturated/α-hetero) is 1. The van der Waals surface area contributed by atoms with Crippen molar-refractivity contribution in [2.45, 2.75) is 6.92 Å². The molecule has 1 heterocycles. The van der Waals surface area contributed by atoms with Crippen LogP contribution in [0.15, 0.2) is 42.6 Å². The predicted molar refractivity (Wildman–Crippen MR) is 101 cm³/mol. The normalized spacial score (nSPS) is 10.2. The number of anilines is 2. The minimum absolute atomic E-state index is 0.0807. The summed E-state index contributed by atoms with van der Waals surface area (Å²) in [6.07, 6.45) is 1.56. The molecule has 2 aromatic rings. The second-order valence-electron chi connectivity index (χ2n) is 4.62. The van der Waals surface area contributed by atoms with Crippen molar-refractivity contribution in [2.75, 3.05) is 16.2 Å². The molecule has 0 unspecified atom stereocenters. The highest BCUT2D eigenvalue weighted by atomic mass is 35.5. The zero-order chi connectivity index (χ0) is 16.8. The summed E-state index contributed by atoms with van der Waals surface area (Å²) in [6, 6.07) is 10.7. The maximum absolute atomic E-state index is 11.2. The van der Waals surface area contributed by atoms with Gasteiger partial charge in [0.1, 0.15) is 10.0 Å². The highest BCUT2D eigenvalue weighted by Gasteiger charge is 2.07. The van der Waals surface area contributed by atoms with Crippen molar-refractivity contribution < 1.29 is 4.79 Å². The standard InChI is InChI=1S/C15H15ClN4OS2/c1-10(21)14-7-6-13(8-18-14)20(17)9-23-15(22)19-12-4-2-11(16)3-5-12/h2-8H,9,17H2,1H3,(H,19,22). The van der Waals surface area contributed by atoms with Gasteiger partial charge in [-0.2, -0.15) is 0 Å². The molecule has 0 radical (unpaired) electrons. The molecule has 5 nitrogen and oxygen atoms in total. The molecule has 3 N–H and O–H groups in total. The van der Waals surface area contributed by atoms with Crippen LogP contribution in [0.1, 0.15) is 17.4 Å². The Morgan fingerprint density at radius 1 is 1.35 bits per heavy atom. The van der Waals surface area contributed by atoms with Gasteiger partial charge in [-0.1, -0.05) is 35.6 Å². The number of carbonyl (C=O) groups excluding carboxylic acids is 1. The van der Waals surface area contributed by atoms with Crippen LogP contribution in [0.2, 0.25) is 5.02 Å². The van der Waals surface area contributed by atoms with E-state index < -0.39 is 0 Å². The molecule has 0 bridgehead atoms. The number of ketones is 1. The van der Waals surface area contributed by atoms with Gasteiger partial charge >= 0.3 is 0 Å². The van der Waals surface area contributed by atoms with Crippen LogP contribution >= 0.6 is 35.6 Å². The lowest BCUT2D eigenvalue weighted by Crippen LogP contribution is -2.31. The van der Waals surface area contributed by atoms with Gasteiger partial charge < -0.3 is 5.32 Å². The van der Waals surface area contributed by atoms with Crippen LogP contribution < -0.4 is 16.2 Å². The van der Waals surface area contributed by atoms with Gasteiger partial charge in [0.15, 0.2) is 5.78 Å². The Balaban J connectivity index is 1.85. The van der Waals surface area contributed by atoms with Crippen molar-refractivity contribution in [3.8, 4) is 0 Å². The number of nitrogens with zero attached hydrogens (tertiary/aromatic N) is 2. The summed E-state index contributed by atoms with van der Waals surface area (Å²) in [4.78, 5) is 15.3. The van der Waals surface area contributed by atoms with E-state index in [1.54, 1.807) is 30.5 Å². The van der Waals surface area contributed by atoms with E-state index in [4.69, 9.17) is 29.7 Å². The van der Waals surface area contributed by atoms with Crippen molar-refractivity contribution >= 4 is 57.1 Å². The van der Waals surface area contributed by atoms with Gasteiger partial charge in [0.05, 0.1) is 17.8 Å². The lowest BCUT2D eigenvalue weighted by molar-refractivity contribution is 0.101. The first-order chi connectivity index (χ1) is 11.0. The Bertz CT molecular complexity index is 692. The maximum Gasteiger partial charge on any atom is 0.178 e. The SMILES string of the molecule is CC(=O)c1ccc(N(N)CSC(=S)Nc2ccc(Cl)cc2)cn1. The van der Waals surface area contributed by atoms with Gasteiger partial charge in [-0.25, -0.2) is 5.84 Å². The summed E-state index contributed by atoms with van der Waals surface area (Å²) in [7, 11) is 0. The van der Waals surface area contributed by atoms with Crippen LogP contribution in [0, 0.1) is 0 Å². The third-order valence-electron chi connectivity index (χ3n) is 2.87. The van der Waals surface area contributed by atoms with Crippen LogP contribution in [0.4, 0.5) is 11.4 Å². The second kappa shape index (κ2) is 8.26. The number of thiocarbonyl (C=S) groups is 1. The number of carbonyl (C=O) groups is 1. The number of rotatable bonds is 5. The zero-order valence-corrected chi connectivity index (χ0v) is 14.7. The number of pyridine rings is 1. The Morgan fingerprint density at radius 2 is 2.04 bits per heavy atom. The average Bonchev–Trinajstić information content (AvgIpc) is 2.55. The molecule has 0 saturated carbocycles. The molecular weight excluding hydrogens is 352 g/mol. The fraction of sp³-hybridized carbons (Fsp3) is 0.133. The van der Waals surface area contributed by atoms with E-state index in [1.807, 2.05) is 12.1 Å². The number of hydrazine groups is 1. The van der Waals surface area contributed by atoms with Gasteiger partial charge in [0.25, 0.3) is 0 Å². The number of benzene rings is 1. The molecule has 0 aliphatic carbocycles. The minimum atomic E-state index is -0.0807. The van der Waals surface area contributed by atoms with E-state index in [9.17, 15) is 4.79 Å². The molecule has 1 aromatic carbocycles. The van der Waals surface area contributed by atoms with Crippen molar-refractivity contribution in [1.29, 1.82) is 0 Å². The van der Waals surface area contributed by atoms with E-state index in [-0.39, 0.29) is 5.78 Å². The first kappa shape index (κ1) is 17.7. The first-order valence-electron chi connectivity index (χ1n) is 6.64. The van der Waals surface area contributed by atoms with Crippen LogP contribution in [-0.2, 0) is 0 Å². The average molecular weight is 367 g/mol. The summed E-state index contributed by atoms with van der Waals surface area (Å²) in [5.74, 6) is 6.33. The van der Waals surface area contributed by atoms with Crippen LogP contribution in [0.5, 0.6) is 0 Å². The zero-order valence-electron chi connectivity index (χ0n) is 12.3. The van der Waals surface area contributed by atoms with E-state index in [0.717, 1.165) is 5.69 Å². The van der Waals surface area contributed by atoms with Crippen molar-refractivity contribution in [1.82, 2.24) is 4.98 Å². The number of thioether (sulfide) groups is 1. The molecule has 120 valence electrons. The van der Waals surface area contributed by atoms with Crippen molar-refractivity contribution in [3.63, 3.8) is 0 Å². The van der Waals surface area contributed by atoms with Gasteiger partial charge in [-0.05, 0) is 36.4 Å². The van der Waals surface area contributed by atoms with Crippen LogP contribution in [0.3, 0.4) is 0 Å². The van der Waals surface area contributed by atoms with E-state index >= 15 is 0 Å². The molecular formula is C15H15ClN4OS2. The molecule has 2 rings (SSSR count). The van der Waals surface area contributed by atoms with E-state index in [1.165, 1.54) is 23.7 Å². The highest BCUT2D eigenvalue weighted by molar-refractivity contribution is 8.23. The Morgan fingerprint density at radius 3 is 2.61 bits per heavy atom. The molecule has 8 heteroatoms. The molecule has 1 aromatic heterocycles. The van der Waals surface area contributed by atoms with Crippen molar-refractivity contribution in [3.05, 3.63) is 53.3 Å². The number of hydrogen-bond acceptors (Lipinski definition) is 6. The second-order valence-corrected chi connectivity index (χ2v) is 6.68. The summed E-state index contributed by atoms with van der Waals surface area (Å²) in [5.41, 5.74) is 1.98. The fourth-order valence-electron chi connectivity index (χ4n) is 1.65. The topological polar surface area (TPSA) is 71.2 Å². The lowest BCUT2D eigenvalue weighted by Gasteiger charge is -2.18. The van der Waals surface area contributed by atoms with E-state index in [0.29, 0.717) is 26.6 Å². The summed E-state index contributed by atoms with van der Waals surface area (Å²) >= 11 is 12.5. The monoisotopic (exact) mass is 366 g/mol. The summed E-state index contributed by atoms with van der Waals surface area (Å²) in [5, 5.41) is 5.27. The largest absolute Gasteiger partial charge is 0.341 e. The third kappa shape index (κ3) is 5.47. The molecule has 0 aliphatic heterocycles. The Hall–Kier alpha value is -1.67. The van der Waals surface area contributed by atoms with Crippen molar-refractivity contribution in [2.24, 2.45) is 5.84 Å². The molecule has 0 aliphatic rings. The Labute approximate surface area is 149 Å². The fourth-order valence-corrected chi connectivity index (χ4v) is 2.65. The molecule has 0 saturated heterocycles.